The van der Waals surface area contributed by atoms with Gasteiger partial charge in [-0.25, -0.2) is 23.6 Å². The van der Waals surface area contributed by atoms with Crippen molar-refractivity contribution in [3.63, 3.8) is 0 Å². The van der Waals surface area contributed by atoms with Gasteiger partial charge in [-0.15, -0.1) is 5.10 Å². The number of carbonyl (C=O) groups excluding carboxylic acids is 2. The fourth-order valence-electron chi connectivity index (χ4n) is 2.30. The Morgan fingerprint density at radius 3 is 2.70 bits per heavy atom. The highest BCUT2D eigenvalue weighted by atomic mass is 19.1. The van der Waals surface area contributed by atoms with Crippen molar-refractivity contribution in [3.05, 3.63) is 41.7 Å². The fraction of sp³-hybridized carbons (Fsp3) is 0.333. The van der Waals surface area contributed by atoms with Crippen molar-refractivity contribution in [3.8, 4) is 5.69 Å². The number of carbonyl (C=O) groups is 2. The molecule has 0 bridgehead atoms. The lowest BCUT2D eigenvalue weighted by atomic mass is 10.2. The summed E-state index contributed by atoms with van der Waals surface area (Å²) in [4.78, 5) is 27.6. The smallest absolute Gasteiger partial charge is 0.379 e. The predicted octanol–water partition coefficient (Wildman–Crippen LogP) is 1.58. The van der Waals surface area contributed by atoms with Gasteiger partial charge in [-0.05, 0) is 38.1 Å². The molecule has 120 valence electrons. The third-order valence-electron chi connectivity index (χ3n) is 3.40. The van der Waals surface area contributed by atoms with E-state index >= 15 is 0 Å². The van der Waals surface area contributed by atoms with Crippen LogP contribution in [-0.4, -0.2) is 38.9 Å². The molecule has 8 heteroatoms. The summed E-state index contributed by atoms with van der Waals surface area (Å²) in [6, 6.07) is 5.60. The molecule has 0 radical (unpaired) electrons. The molecule has 1 saturated heterocycles. The molecule has 1 aromatic heterocycles. The molecule has 2 heterocycles. The van der Waals surface area contributed by atoms with Gasteiger partial charge in [0.15, 0.2) is 0 Å². The third-order valence-corrected chi connectivity index (χ3v) is 3.40. The molecule has 7 nitrogen and oxygen atoms in total. The summed E-state index contributed by atoms with van der Waals surface area (Å²) in [5.74, 6) is -1.48. The van der Waals surface area contributed by atoms with Crippen molar-refractivity contribution < 1.29 is 23.5 Å². The number of esters is 2. The number of cyclic esters (lactones) is 1. The second kappa shape index (κ2) is 5.79. The van der Waals surface area contributed by atoms with Crippen LogP contribution in [-0.2, 0) is 14.3 Å². The van der Waals surface area contributed by atoms with Crippen LogP contribution in [0.4, 0.5) is 4.39 Å². The van der Waals surface area contributed by atoms with E-state index in [1.165, 1.54) is 28.9 Å². The zero-order valence-corrected chi connectivity index (χ0v) is 12.5. The minimum absolute atomic E-state index is 0.167. The molecule has 1 fully saturated rings. The van der Waals surface area contributed by atoms with Crippen LogP contribution in [0.25, 0.3) is 5.69 Å². The number of benzene rings is 1. The minimum Gasteiger partial charge on any atom is -0.460 e. The highest BCUT2D eigenvalue weighted by Crippen LogP contribution is 2.18. The maximum Gasteiger partial charge on any atom is 0.379 e. The quantitative estimate of drug-likeness (QED) is 0.799. The molecule has 2 atom stereocenters. The van der Waals surface area contributed by atoms with Crippen LogP contribution < -0.4 is 0 Å². The Kier molecular flexibility index (Phi) is 3.81. The molecular weight excluding hydrogens is 305 g/mol. The normalized spacial score (nSPS) is 20.4. The van der Waals surface area contributed by atoms with Gasteiger partial charge in [-0.3, -0.25) is 0 Å². The first-order valence-electron chi connectivity index (χ1n) is 7.05. The molecule has 3 rings (SSSR count). The summed E-state index contributed by atoms with van der Waals surface area (Å²) in [5.41, 5.74) is 0.560. The van der Waals surface area contributed by atoms with Crippen molar-refractivity contribution in [1.82, 2.24) is 14.8 Å². The number of hydrogen-bond donors (Lipinski definition) is 0. The Morgan fingerprint density at radius 2 is 2.09 bits per heavy atom. The largest absolute Gasteiger partial charge is 0.460 e. The maximum atomic E-state index is 13.0. The Morgan fingerprint density at radius 1 is 1.39 bits per heavy atom. The molecule has 0 aliphatic carbocycles. The number of aromatic nitrogens is 3. The predicted molar refractivity (Wildman–Crippen MR) is 75.4 cm³/mol. The molecule has 0 amide bonds. The first-order valence-corrected chi connectivity index (χ1v) is 7.05. The van der Waals surface area contributed by atoms with Crippen LogP contribution in [0.1, 0.15) is 29.8 Å². The summed E-state index contributed by atoms with van der Waals surface area (Å²) >= 11 is 0. The fourth-order valence-corrected chi connectivity index (χ4v) is 2.30. The van der Waals surface area contributed by atoms with Crippen molar-refractivity contribution in [2.45, 2.75) is 32.5 Å². The van der Waals surface area contributed by atoms with Gasteiger partial charge in [0.1, 0.15) is 17.7 Å². The second-order valence-electron chi connectivity index (χ2n) is 5.25. The average molecular weight is 319 g/mol. The Hall–Kier alpha value is -2.77. The van der Waals surface area contributed by atoms with Gasteiger partial charge in [0.2, 0.25) is 6.10 Å². The molecule has 1 aromatic carbocycles. The lowest BCUT2D eigenvalue weighted by Crippen LogP contribution is -2.23. The number of halogens is 1. The van der Waals surface area contributed by atoms with Crippen molar-refractivity contribution in [2.75, 3.05) is 0 Å². The minimum atomic E-state index is -0.935. The van der Waals surface area contributed by atoms with E-state index in [-0.39, 0.29) is 17.7 Å². The number of rotatable bonds is 3. The third kappa shape index (κ3) is 3.05. The van der Waals surface area contributed by atoms with Gasteiger partial charge in [0, 0.05) is 6.42 Å². The molecule has 0 saturated carbocycles. The molecule has 2 aromatic rings. The second-order valence-corrected chi connectivity index (χ2v) is 5.25. The van der Waals surface area contributed by atoms with Gasteiger partial charge < -0.3 is 9.47 Å². The zero-order chi connectivity index (χ0) is 16.6. The van der Waals surface area contributed by atoms with E-state index in [0.717, 1.165) is 0 Å². The van der Waals surface area contributed by atoms with Gasteiger partial charge in [-0.2, -0.15) is 0 Å². The molecule has 1 aliphatic rings. The van der Waals surface area contributed by atoms with E-state index in [1.807, 2.05) is 0 Å². The van der Waals surface area contributed by atoms with Crippen LogP contribution in [0.5, 0.6) is 0 Å². The molecular formula is C15H14FN3O4. The van der Waals surface area contributed by atoms with Crippen LogP contribution in [0.15, 0.2) is 24.3 Å². The van der Waals surface area contributed by atoms with Crippen molar-refractivity contribution >= 4 is 11.9 Å². The van der Waals surface area contributed by atoms with Gasteiger partial charge >= 0.3 is 11.9 Å². The summed E-state index contributed by atoms with van der Waals surface area (Å²) in [6.45, 7) is 3.37. The monoisotopic (exact) mass is 319 g/mol. The van der Waals surface area contributed by atoms with Gasteiger partial charge in [-0.1, -0.05) is 0 Å². The van der Waals surface area contributed by atoms with Crippen LogP contribution in [0.3, 0.4) is 0 Å². The standard InChI is InChI=1S/C15H14FN3O4/c1-8-7-12(14(20)22-8)23-15(21)13-17-9(2)19(18-13)11-5-3-10(16)4-6-11/h3-6,8,12H,7H2,1-2H3/t8-,12-/m1/s1. The van der Waals surface area contributed by atoms with E-state index in [1.54, 1.807) is 13.8 Å². The van der Waals surface area contributed by atoms with Crippen LogP contribution in [0.2, 0.25) is 0 Å². The van der Waals surface area contributed by atoms with Crippen molar-refractivity contribution in [2.24, 2.45) is 0 Å². The van der Waals surface area contributed by atoms with Crippen LogP contribution >= 0.6 is 0 Å². The van der Waals surface area contributed by atoms with Crippen molar-refractivity contribution in [1.29, 1.82) is 0 Å². The Balaban J connectivity index is 1.79. The van der Waals surface area contributed by atoms with Gasteiger partial charge in [0.05, 0.1) is 5.69 Å². The molecule has 23 heavy (non-hydrogen) atoms. The van der Waals surface area contributed by atoms with Gasteiger partial charge in [0.25, 0.3) is 5.82 Å². The summed E-state index contributed by atoms with van der Waals surface area (Å²) in [5, 5.41) is 4.05. The molecule has 0 unspecified atom stereocenters. The lowest BCUT2D eigenvalue weighted by molar-refractivity contribution is -0.147. The highest BCUT2D eigenvalue weighted by molar-refractivity contribution is 5.88. The Bertz CT molecular complexity index is 757. The number of hydrogen-bond acceptors (Lipinski definition) is 6. The molecule has 0 N–H and O–H groups in total. The molecule has 1 aliphatic heterocycles. The van der Waals surface area contributed by atoms with E-state index < -0.39 is 18.0 Å². The summed E-state index contributed by atoms with van der Waals surface area (Å²) < 4.78 is 24.4. The van der Waals surface area contributed by atoms with E-state index in [9.17, 15) is 14.0 Å². The zero-order valence-electron chi connectivity index (χ0n) is 12.5. The van der Waals surface area contributed by atoms with E-state index in [2.05, 4.69) is 10.1 Å². The first-order chi connectivity index (χ1) is 10.9. The summed E-state index contributed by atoms with van der Waals surface area (Å²) in [7, 11) is 0. The summed E-state index contributed by atoms with van der Waals surface area (Å²) in [6.07, 6.45) is -0.912. The maximum absolute atomic E-state index is 13.0. The average Bonchev–Trinajstić information content (AvgIpc) is 3.03. The lowest BCUT2D eigenvalue weighted by Gasteiger charge is -2.05. The number of nitrogens with zero attached hydrogens (tertiary/aromatic N) is 3. The molecule has 0 spiro atoms. The SMILES string of the molecule is Cc1nc(C(=O)O[C@@H]2C[C@@H](C)OC2=O)nn1-c1ccc(F)cc1. The van der Waals surface area contributed by atoms with E-state index in [4.69, 9.17) is 9.47 Å². The first kappa shape index (κ1) is 15.1. The highest BCUT2D eigenvalue weighted by Gasteiger charge is 2.36. The number of aryl methyl sites for hydroxylation is 1. The topological polar surface area (TPSA) is 83.3 Å². The van der Waals surface area contributed by atoms with E-state index in [0.29, 0.717) is 17.9 Å². The Labute approximate surface area is 131 Å². The van der Waals surface area contributed by atoms with Crippen LogP contribution in [0, 0.1) is 12.7 Å². The number of ether oxygens (including phenoxy) is 2.